The number of hydrogen-bond acceptors (Lipinski definition) is 4. The van der Waals surface area contributed by atoms with Gasteiger partial charge in [0, 0.05) is 19.3 Å². The molecule has 0 saturated carbocycles. The molecule has 0 spiro atoms. The van der Waals surface area contributed by atoms with Gasteiger partial charge in [0.2, 0.25) is 5.88 Å². The summed E-state index contributed by atoms with van der Waals surface area (Å²) in [6.07, 6.45) is 3.83. The van der Waals surface area contributed by atoms with Crippen molar-refractivity contribution < 1.29 is 14.3 Å². The second-order valence-electron chi connectivity index (χ2n) is 4.13. The van der Waals surface area contributed by atoms with Crippen molar-refractivity contribution in [2.75, 3.05) is 19.8 Å². The number of ether oxygens (including phenoxy) is 2. The average molecular weight is 250 g/mol. The number of pyridine rings is 1. The Hall–Kier alpha value is -1.62. The van der Waals surface area contributed by atoms with Crippen molar-refractivity contribution in [2.45, 2.75) is 25.9 Å². The van der Waals surface area contributed by atoms with Crippen LogP contribution in [-0.2, 0) is 4.74 Å². The first kappa shape index (κ1) is 12.8. The monoisotopic (exact) mass is 250 g/mol. The molecule has 2 heterocycles. The number of carbonyl (C=O) groups is 1. The van der Waals surface area contributed by atoms with Crippen LogP contribution in [0.2, 0.25) is 0 Å². The molecule has 98 valence electrons. The third-order valence-electron chi connectivity index (χ3n) is 2.81. The number of nitrogens with one attached hydrogen (secondary N) is 1. The van der Waals surface area contributed by atoms with Gasteiger partial charge in [-0.25, -0.2) is 4.98 Å². The first-order valence-corrected chi connectivity index (χ1v) is 6.29. The Kier molecular flexibility index (Phi) is 4.52. The molecule has 1 amide bonds. The zero-order valence-corrected chi connectivity index (χ0v) is 10.5. The zero-order chi connectivity index (χ0) is 12.8. The smallest absolute Gasteiger partial charge is 0.256 e. The second kappa shape index (κ2) is 6.35. The van der Waals surface area contributed by atoms with Gasteiger partial charge >= 0.3 is 0 Å². The summed E-state index contributed by atoms with van der Waals surface area (Å²) in [6.45, 7) is 3.68. The molecule has 0 bridgehead atoms. The van der Waals surface area contributed by atoms with E-state index in [-0.39, 0.29) is 12.0 Å². The molecule has 1 atom stereocenters. The zero-order valence-electron chi connectivity index (χ0n) is 10.5. The van der Waals surface area contributed by atoms with Crippen LogP contribution in [0, 0.1) is 0 Å². The Labute approximate surface area is 107 Å². The largest absolute Gasteiger partial charge is 0.477 e. The van der Waals surface area contributed by atoms with Gasteiger partial charge < -0.3 is 14.8 Å². The molecule has 1 aromatic rings. The normalized spacial score (nSPS) is 18.6. The van der Waals surface area contributed by atoms with Crippen molar-refractivity contribution in [3.8, 4) is 5.88 Å². The lowest BCUT2D eigenvalue weighted by atomic mass is 10.2. The summed E-state index contributed by atoms with van der Waals surface area (Å²) in [5.74, 6) is 0.215. The van der Waals surface area contributed by atoms with Crippen LogP contribution in [0.4, 0.5) is 0 Å². The number of carbonyl (C=O) groups excluding carboxylic acids is 1. The van der Waals surface area contributed by atoms with E-state index in [4.69, 9.17) is 9.47 Å². The van der Waals surface area contributed by atoms with Crippen LogP contribution >= 0.6 is 0 Å². The van der Waals surface area contributed by atoms with E-state index in [0.29, 0.717) is 24.6 Å². The van der Waals surface area contributed by atoms with Gasteiger partial charge in [0.05, 0.1) is 12.7 Å². The maximum absolute atomic E-state index is 12.0. The molecule has 0 unspecified atom stereocenters. The van der Waals surface area contributed by atoms with Crippen molar-refractivity contribution >= 4 is 5.91 Å². The minimum absolute atomic E-state index is 0.140. The van der Waals surface area contributed by atoms with E-state index < -0.39 is 0 Å². The molecule has 1 aliphatic heterocycles. The highest BCUT2D eigenvalue weighted by molar-refractivity contribution is 5.96. The van der Waals surface area contributed by atoms with Crippen LogP contribution in [0.5, 0.6) is 5.88 Å². The van der Waals surface area contributed by atoms with Crippen molar-refractivity contribution in [2.24, 2.45) is 0 Å². The SMILES string of the molecule is CCOc1ncccc1C(=O)NC[C@H]1CCCO1. The van der Waals surface area contributed by atoms with Crippen LogP contribution in [0.3, 0.4) is 0 Å². The van der Waals surface area contributed by atoms with Gasteiger partial charge in [0.1, 0.15) is 5.56 Å². The number of nitrogens with zero attached hydrogens (tertiary/aromatic N) is 1. The fourth-order valence-corrected chi connectivity index (χ4v) is 1.92. The number of aromatic nitrogens is 1. The highest BCUT2D eigenvalue weighted by Crippen LogP contribution is 2.15. The highest BCUT2D eigenvalue weighted by Gasteiger charge is 2.18. The number of amides is 1. The molecule has 1 aliphatic rings. The standard InChI is InChI=1S/C13H18N2O3/c1-2-17-13-11(6-3-7-14-13)12(16)15-9-10-5-4-8-18-10/h3,6-7,10H,2,4-5,8-9H2,1H3,(H,15,16)/t10-/m1/s1. The van der Waals surface area contributed by atoms with Crippen molar-refractivity contribution in [3.63, 3.8) is 0 Å². The van der Waals surface area contributed by atoms with Gasteiger partial charge in [-0.3, -0.25) is 4.79 Å². The van der Waals surface area contributed by atoms with Gasteiger partial charge in [-0.15, -0.1) is 0 Å². The first-order chi connectivity index (χ1) is 8.81. The topological polar surface area (TPSA) is 60.5 Å². The van der Waals surface area contributed by atoms with Crippen LogP contribution in [-0.4, -0.2) is 36.8 Å². The Bertz CT molecular complexity index is 403. The van der Waals surface area contributed by atoms with Crippen LogP contribution in [0.1, 0.15) is 30.1 Å². The molecule has 0 aromatic carbocycles. The Balaban J connectivity index is 1.94. The van der Waals surface area contributed by atoms with E-state index in [9.17, 15) is 4.79 Å². The molecule has 1 N–H and O–H groups in total. The minimum Gasteiger partial charge on any atom is -0.477 e. The molecule has 1 fully saturated rings. The molecule has 5 nitrogen and oxygen atoms in total. The highest BCUT2D eigenvalue weighted by atomic mass is 16.5. The Morgan fingerprint density at radius 2 is 2.56 bits per heavy atom. The Morgan fingerprint density at radius 3 is 3.28 bits per heavy atom. The van der Waals surface area contributed by atoms with E-state index in [0.717, 1.165) is 19.4 Å². The summed E-state index contributed by atoms with van der Waals surface area (Å²) < 4.78 is 10.8. The van der Waals surface area contributed by atoms with E-state index in [1.54, 1.807) is 18.3 Å². The second-order valence-corrected chi connectivity index (χ2v) is 4.13. The molecular formula is C13H18N2O3. The van der Waals surface area contributed by atoms with Crippen LogP contribution in [0.25, 0.3) is 0 Å². The van der Waals surface area contributed by atoms with Crippen LogP contribution < -0.4 is 10.1 Å². The van der Waals surface area contributed by atoms with Crippen LogP contribution in [0.15, 0.2) is 18.3 Å². The maximum Gasteiger partial charge on any atom is 0.256 e. The molecule has 0 radical (unpaired) electrons. The quantitative estimate of drug-likeness (QED) is 0.858. The molecule has 1 aromatic heterocycles. The van der Waals surface area contributed by atoms with Gasteiger partial charge in [-0.05, 0) is 31.9 Å². The lowest BCUT2D eigenvalue weighted by Crippen LogP contribution is -2.32. The molecule has 0 aliphatic carbocycles. The van der Waals surface area contributed by atoms with E-state index in [2.05, 4.69) is 10.3 Å². The lowest BCUT2D eigenvalue weighted by Gasteiger charge is -2.12. The maximum atomic E-state index is 12.0. The van der Waals surface area contributed by atoms with E-state index >= 15 is 0 Å². The number of rotatable bonds is 5. The van der Waals surface area contributed by atoms with Gasteiger partial charge in [0.25, 0.3) is 5.91 Å². The average Bonchev–Trinajstić information content (AvgIpc) is 2.90. The minimum atomic E-state index is -0.165. The predicted molar refractivity (Wildman–Crippen MR) is 66.7 cm³/mol. The van der Waals surface area contributed by atoms with Gasteiger partial charge in [0.15, 0.2) is 0 Å². The Morgan fingerprint density at radius 1 is 1.67 bits per heavy atom. The lowest BCUT2D eigenvalue weighted by molar-refractivity contribution is 0.0854. The molecule has 1 saturated heterocycles. The summed E-state index contributed by atoms with van der Waals surface area (Å²) in [5.41, 5.74) is 0.470. The van der Waals surface area contributed by atoms with Crippen molar-refractivity contribution in [1.82, 2.24) is 10.3 Å². The van der Waals surface area contributed by atoms with Gasteiger partial charge in [-0.2, -0.15) is 0 Å². The first-order valence-electron chi connectivity index (χ1n) is 6.29. The third-order valence-corrected chi connectivity index (χ3v) is 2.81. The summed E-state index contributed by atoms with van der Waals surface area (Å²) in [7, 11) is 0. The summed E-state index contributed by atoms with van der Waals surface area (Å²) in [6, 6.07) is 3.44. The number of hydrogen-bond donors (Lipinski definition) is 1. The van der Waals surface area contributed by atoms with E-state index in [1.165, 1.54) is 0 Å². The van der Waals surface area contributed by atoms with E-state index in [1.807, 2.05) is 6.92 Å². The molecule has 5 heteroatoms. The van der Waals surface area contributed by atoms with Crippen molar-refractivity contribution in [3.05, 3.63) is 23.9 Å². The molecule has 18 heavy (non-hydrogen) atoms. The predicted octanol–water partition coefficient (Wildman–Crippen LogP) is 1.39. The summed E-state index contributed by atoms with van der Waals surface area (Å²) in [5, 5.41) is 2.86. The summed E-state index contributed by atoms with van der Waals surface area (Å²) in [4.78, 5) is 16.1. The summed E-state index contributed by atoms with van der Waals surface area (Å²) >= 11 is 0. The molecular weight excluding hydrogens is 232 g/mol. The van der Waals surface area contributed by atoms with Gasteiger partial charge in [-0.1, -0.05) is 0 Å². The fourth-order valence-electron chi connectivity index (χ4n) is 1.92. The fraction of sp³-hybridized carbons (Fsp3) is 0.538. The molecule has 2 rings (SSSR count). The van der Waals surface area contributed by atoms with Crippen molar-refractivity contribution in [1.29, 1.82) is 0 Å². The third kappa shape index (κ3) is 3.20.